The zero-order chi connectivity index (χ0) is 16.8. The Morgan fingerprint density at radius 1 is 1.08 bits per heavy atom. The van der Waals surface area contributed by atoms with Gasteiger partial charge < -0.3 is 14.8 Å². The first-order valence-corrected chi connectivity index (χ1v) is 7.98. The summed E-state index contributed by atoms with van der Waals surface area (Å²) in [6.07, 6.45) is 1.87. The van der Waals surface area contributed by atoms with E-state index in [0.717, 1.165) is 12.8 Å². The van der Waals surface area contributed by atoms with Gasteiger partial charge in [-0.25, -0.2) is 4.79 Å². The summed E-state index contributed by atoms with van der Waals surface area (Å²) in [5.74, 6) is -0.732. The van der Waals surface area contributed by atoms with E-state index in [0.29, 0.717) is 23.4 Å². The van der Waals surface area contributed by atoms with Gasteiger partial charge >= 0.3 is 5.97 Å². The van der Waals surface area contributed by atoms with Gasteiger partial charge in [-0.1, -0.05) is 30.3 Å². The first kappa shape index (κ1) is 16.2. The van der Waals surface area contributed by atoms with Gasteiger partial charge in [-0.2, -0.15) is 0 Å². The molecule has 1 fully saturated rings. The summed E-state index contributed by atoms with van der Waals surface area (Å²) in [5.41, 5.74) is 1.29. The normalized spacial score (nSPS) is 16.6. The Bertz CT molecular complexity index is 708. The third kappa shape index (κ3) is 4.00. The minimum Gasteiger partial charge on any atom is -0.459 e. The van der Waals surface area contributed by atoms with Crippen LogP contribution in [0.1, 0.15) is 33.6 Å². The summed E-state index contributed by atoms with van der Waals surface area (Å²) >= 11 is 0. The summed E-state index contributed by atoms with van der Waals surface area (Å²) in [7, 11) is 0. The van der Waals surface area contributed by atoms with E-state index in [2.05, 4.69) is 5.32 Å². The van der Waals surface area contributed by atoms with Crippen LogP contribution in [-0.4, -0.2) is 31.2 Å². The number of esters is 1. The molecule has 0 spiro atoms. The van der Waals surface area contributed by atoms with Gasteiger partial charge in [-0.3, -0.25) is 4.79 Å². The highest BCUT2D eigenvalue weighted by molar-refractivity contribution is 6.07. The number of hydrogen-bond acceptors (Lipinski definition) is 4. The Morgan fingerprint density at radius 2 is 1.83 bits per heavy atom. The molecule has 1 unspecified atom stereocenters. The highest BCUT2D eigenvalue weighted by Gasteiger charge is 2.20. The molecule has 5 heteroatoms. The van der Waals surface area contributed by atoms with Gasteiger partial charge in [-0.05, 0) is 37.1 Å². The average molecular weight is 325 g/mol. The van der Waals surface area contributed by atoms with Crippen molar-refractivity contribution >= 4 is 17.6 Å². The first-order chi connectivity index (χ1) is 11.7. The lowest BCUT2D eigenvalue weighted by Gasteiger charge is -2.13. The summed E-state index contributed by atoms with van der Waals surface area (Å²) in [6, 6.07) is 15.7. The van der Waals surface area contributed by atoms with Crippen LogP contribution in [0.4, 0.5) is 5.69 Å². The number of amides is 1. The van der Waals surface area contributed by atoms with Gasteiger partial charge in [0, 0.05) is 12.2 Å². The van der Waals surface area contributed by atoms with Gasteiger partial charge in [0.2, 0.25) is 0 Å². The van der Waals surface area contributed by atoms with Gasteiger partial charge in [0.05, 0.1) is 17.4 Å². The zero-order valence-corrected chi connectivity index (χ0v) is 13.2. The number of nitrogens with one attached hydrogen (secondary N) is 1. The molecule has 0 bridgehead atoms. The molecule has 0 aromatic heterocycles. The number of ether oxygens (including phenoxy) is 2. The molecule has 1 atom stereocenters. The van der Waals surface area contributed by atoms with E-state index in [4.69, 9.17) is 9.47 Å². The number of hydrogen-bond donors (Lipinski definition) is 1. The van der Waals surface area contributed by atoms with Crippen molar-refractivity contribution in [2.45, 2.75) is 18.9 Å². The van der Waals surface area contributed by atoms with Crippen LogP contribution in [0.5, 0.6) is 0 Å². The lowest BCUT2D eigenvalue weighted by atomic mass is 10.1. The SMILES string of the molecule is O=C(Nc1ccccc1C(=O)OCC1CCCO1)c1ccccc1. The largest absolute Gasteiger partial charge is 0.459 e. The summed E-state index contributed by atoms with van der Waals surface area (Å²) in [6.45, 7) is 0.950. The smallest absolute Gasteiger partial charge is 0.340 e. The molecular formula is C19H19NO4. The lowest BCUT2D eigenvalue weighted by molar-refractivity contribution is 0.0162. The maximum Gasteiger partial charge on any atom is 0.340 e. The van der Waals surface area contributed by atoms with Gasteiger partial charge in [0.1, 0.15) is 6.61 Å². The van der Waals surface area contributed by atoms with Crippen molar-refractivity contribution in [2.24, 2.45) is 0 Å². The molecule has 1 saturated heterocycles. The Hall–Kier alpha value is -2.66. The molecule has 3 rings (SSSR count). The van der Waals surface area contributed by atoms with Crippen molar-refractivity contribution in [1.29, 1.82) is 0 Å². The second-order valence-corrected chi connectivity index (χ2v) is 5.60. The van der Waals surface area contributed by atoms with Crippen molar-refractivity contribution in [3.05, 3.63) is 65.7 Å². The second kappa shape index (κ2) is 7.75. The van der Waals surface area contributed by atoms with Crippen LogP contribution in [0, 0.1) is 0 Å². The maximum absolute atomic E-state index is 12.3. The topological polar surface area (TPSA) is 64.6 Å². The van der Waals surface area contributed by atoms with Crippen LogP contribution >= 0.6 is 0 Å². The van der Waals surface area contributed by atoms with Gasteiger partial charge in [0.25, 0.3) is 5.91 Å². The average Bonchev–Trinajstić information content (AvgIpc) is 3.14. The van der Waals surface area contributed by atoms with E-state index in [1.807, 2.05) is 6.07 Å². The number of benzene rings is 2. The predicted octanol–water partition coefficient (Wildman–Crippen LogP) is 3.27. The quantitative estimate of drug-likeness (QED) is 0.857. The lowest BCUT2D eigenvalue weighted by Crippen LogP contribution is -2.20. The molecule has 5 nitrogen and oxygen atoms in total. The molecule has 1 aliphatic rings. The number of para-hydroxylation sites is 1. The zero-order valence-electron chi connectivity index (χ0n) is 13.2. The number of anilines is 1. The first-order valence-electron chi connectivity index (χ1n) is 7.98. The van der Waals surface area contributed by atoms with Gasteiger partial charge in [-0.15, -0.1) is 0 Å². The van der Waals surface area contributed by atoms with E-state index < -0.39 is 5.97 Å². The van der Waals surface area contributed by atoms with E-state index in [9.17, 15) is 9.59 Å². The monoisotopic (exact) mass is 325 g/mol. The van der Waals surface area contributed by atoms with E-state index in [1.54, 1.807) is 48.5 Å². The molecule has 1 aliphatic heterocycles. The highest BCUT2D eigenvalue weighted by Crippen LogP contribution is 2.19. The summed E-state index contributed by atoms with van der Waals surface area (Å²) in [4.78, 5) is 24.6. The Morgan fingerprint density at radius 3 is 2.58 bits per heavy atom. The van der Waals surface area contributed by atoms with Crippen molar-refractivity contribution in [3.8, 4) is 0 Å². The van der Waals surface area contributed by atoms with E-state index in [1.165, 1.54) is 0 Å². The number of carbonyl (C=O) groups is 2. The van der Waals surface area contributed by atoms with E-state index >= 15 is 0 Å². The number of carbonyl (C=O) groups excluding carboxylic acids is 2. The fourth-order valence-electron chi connectivity index (χ4n) is 2.58. The molecule has 2 aromatic carbocycles. The van der Waals surface area contributed by atoms with Crippen LogP contribution in [0.2, 0.25) is 0 Å². The third-order valence-corrected chi connectivity index (χ3v) is 3.86. The summed E-state index contributed by atoms with van der Waals surface area (Å²) < 4.78 is 10.8. The van der Waals surface area contributed by atoms with Crippen molar-refractivity contribution in [3.63, 3.8) is 0 Å². The fraction of sp³-hybridized carbons (Fsp3) is 0.263. The number of rotatable bonds is 5. The molecule has 1 heterocycles. The molecular weight excluding hydrogens is 306 g/mol. The third-order valence-electron chi connectivity index (χ3n) is 3.86. The highest BCUT2D eigenvalue weighted by atomic mass is 16.6. The second-order valence-electron chi connectivity index (χ2n) is 5.60. The minimum atomic E-state index is -0.463. The van der Waals surface area contributed by atoms with Crippen molar-refractivity contribution < 1.29 is 19.1 Å². The molecule has 1 amide bonds. The van der Waals surface area contributed by atoms with Crippen LogP contribution in [0.3, 0.4) is 0 Å². The molecule has 24 heavy (non-hydrogen) atoms. The van der Waals surface area contributed by atoms with Crippen molar-refractivity contribution in [1.82, 2.24) is 0 Å². The van der Waals surface area contributed by atoms with Crippen LogP contribution in [-0.2, 0) is 9.47 Å². The Balaban J connectivity index is 1.68. The molecule has 0 aliphatic carbocycles. The van der Waals surface area contributed by atoms with E-state index in [-0.39, 0.29) is 18.6 Å². The Labute approximate surface area is 140 Å². The van der Waals surface area contributed by atoms with Gasteiger partial charge in [0.15, 0.2) is 0 Å². The molecule has 1 N–H and O–H groups in total. The van der Waals surface area contributed by atoms with Crippen molar-refractivity contribution in [2.75, 3.05) is 18.5 Å². The fourth-order valence-corrected chi connectivity index (χ4v) is 2.58. The molecule has 0 saturated carbocycles. The molecule has 2 aromatic rings. The maximum atomic E-state index is 12.3. The minimum absolute atomic E-state index is 0.0278. The predicted molar refractivity (Wildman–Crippen MR) is 90.1 cm³/mol. The van der Waals surface area contributed by atoms with Crippen LogP contribution < -0.4 is 5.32 Å². The molecule has 0 radical (unpaired) electrons. The standard InChI is InChI=1S/C19H19NO4/c21-18(14-7-2-1-3-8-14)20-17-11-5-4-10-16(17)19(22)24-13-15-9-6-12-23-15/h1-5,7-8,10-11,15H,6,9,12-13H2,(H,20,21). The summed E-state index contributed by atoms with van der Waals surface area (Å²) in [5, 5.41) is 2.76. The molecule has 124 valence electrons. The van der Waals surface area contributed by atoms with Crippen LogP contribution in [0.25, 0.3) is 0 Å². The van der Waals surface area contributed by atoms with Crippen LogP contribution in [0.15, 0.2) is 54.6 Å². The Kier molecular flexibility index (Phi) is 5.23.